The molecule has 5 heteroatoms. The highest BCUT2D eigenvalue weighted by atomic mass is 16.3. The van der Waals surface area contributed by atoms with Gasteiger partial charge in [-0.25, -0.2) is 0 Å². The van der Waals surface area contributed by atoms with Crippen LogP contribution in [-0.2, 0) is 16.9 Å². The number of nitrogens with one attached hydrogen (secondary N) is 1. The summed E-state index contributed by atoms with van der Waals surface area (Å²) in [5.74, 6) is 0.686. The van der Waals surface area contributed by atoms with Crippen molar-refractivity contribution in [2.75, 3.05) is 13.1 Å². The number of fused-ring (bicyclic) bond motifs is 1. The Balaban J connectivity index is 1.22. The molecule has 2 aliphatic carbocycles. The van der Waals surface area contributed by atoms with Crippen LogP contribution in [0.15, 0.2) is 54.6 Å². The molecule has 1 saturated heterocycles. The van der Waals surface area contributed by atoms with E-state index in [1.807, 2.05) is 54.6 Å². The molecule has 5 nitrogen and oxygen atoms in total. The zero-order valence-corrected chi connectivity index (χ0v) is 18.4. The summed E-state index contributed by atoms with van der Waals surface area (Å²) in [6.45, 7) is 2.79. The monoisotopic (exact) mass is 429 g/mol. The van der Waals surface area contributed by atoms with Crippen LogP contribution in [0, 0.1) is 29.1 Å². The van der Waals surface area contributed by atoms with Gasteiger partial charge in [-0.05, 0) is 47.9 Å². The molecule has 3 fully saturated rings. The molecule has 0 bridgehead atoms. The zero-order chi connectivity index (χ0) is 22.1. The molecule has 2 saturated carbocycles. The van der Waals surface area contributed by atoms with Gasteiger partial charge in [0.25, 0.3) is 5.91 Å². The van der Waals surface area contributed by atoms with E-state index in [1.165, 1.54) is 12.0 Å². The number of piperidine rings is 1. The fourth-order valence-corrected chi connectivity index (χ4v) is 5.93. The van der Waals surface area contributed by atoms with Gasteiger partial charge >= 0.3 is 0 Å². The first-order chi connectivity index (χ1) is 15.6. The summed E-state index contributed by atoms with van der Waals surface area (Å²) in [7, 11) is 0. The highest BCUT2D eigenvalue weighted by Crippen LogP contribution is 2.47. The molecule has 0 spiro atoms. The lowest BCUT2D eigenvalue weighted by Crippen LogP contribution is -2.51. The second kappa shape index (κ2) is 8.69. The van der Waals surface area contributed by atoms with E-state index in [1.54, 1.807) is 0 Å². The summed E-state index contributed by atoms with van der Waals surface area (Å²) in [5, 5.41) is 24.0. The number of likely N-dealkylation sites (tertiary alicyclic amines) is 1. The minimum Gasteiger partial charge on any atom is -0.375 e. The second-order valence-corrected chi connectivity index (χ2v) is 9.80. The minimum absolute atomic E-state index is 0.0230. The van der Waals surface area contributed by atoms with Crippen LogP contribution >= 0.6 is 0 Å². The Morgan fingerprint density at radius 1 is 1.03 bits per heavy atom. The van der Waals surface area contributed by atoms with Crippen molar-refractivity contribution in [2.45, 2.75) is 50.3 Å². The quantitative estimate of drug-likeness (QED) is 0.736. The maximum absolute atomic E-state index is 13.5. The van der Waals surface area contributed by atoms with Gasteiger partial charge in [0.1, 0.15) is 0 Å². The Kier molecular flexibility index (Phi) is 5.75. The number of benzene rings is 2. The van der Waals surface area contributed by atoms with Gasteiger partial charge in [0.05, 0.1) is 11.6 Å². The average Bonchev–Trinajstić information content (AvgIpc) is 3.28. The van der Waals surface area contributed by atoms with Crippen LogP contribution in [0.25, 0.3) is 0 Å². The zero-order valence-electron chi connectivity index (χ0n) is 18.4. The Hall–Kier alpha value is -2.68. The smallest absolute Gasteiger partial charge is 0.257 e. The molecule has 1 heterocycles. The van der Waals surface area contributed by atoms with E-state index in [0.717, 1.165) is 50.9 Å². The Labute approximate surface area is 190 Å². The van der Waals surface area contributed by atoms with Crippen molar-refractivity contribution in [3.05, 3.63) is 71.3 Å². The van der Waals surface area contributed by atoms with Crippen LogP contribution in [-0.4, -0.2) is 35.0 Å². The maximum Gasteiger partial charge on any atom is 0.257 e. The van der Waals surface area contributed by atoms with Gasteiger partial charge in [-0.3, -0.25) is 9.69 Å². The van der Waals surface area contributed by atoms with Crippen LogP contribution in [0.5, 0.6) is 0 Å². The molecule has 166 valence electrons. The van der Waals surface area contributed by atoms with Crippen LogP contribution in [0.3, 0.4) is 0 Å². The summed E-state index contributed by atoms with van der Waals surface area (Å²) in [6.07, 6.45) is 5.13. The van der Waals surface area contributed by atoms with Crippen molar-refractivity contribution in [3.8, 4) is 6.07 Å². The first kappa shape index (κ1) is 21.2. The van der Waals surface area contributed by atoms with E-state index >= 15 is 0 Å². The SMILES string of the molecule is N#Cc1ccc(CN2CC3[C@H](C2)[C@H]3NC(=O)C(O)(c2ccccc2)C2CCCCC2)cc1. The molecular weight excluding hydrogens is 398 g/mol. The summed E-state index contributed by atoms with van der Waals surface area (Å²) < 4.78 is 0. The van der Waals surface area contributed by atoms with Crippen LogP contribution in [0.1, 0.15) is 48.8 Å². The molecule has 4 atom stereocenters. The first-order valence-electron chi connectivity index (χ1n) is 11.9. The van der Waals surface area contributed by atoms with Crippen molar-refractivity contribution < 1.29 is 9.90 Å². The molecule has 1 aliphatic heterocycles. The highest BCUT2D eigenvalue weighted by Gasteiger charge is 2.58. The van der Waals surface area contributed by atoms with E-state index in [-0.39, 0.29) is 17.9 Å². The topological polar surface area (TPSA) is 76.4 Å². The summed E-state index contributed by atoms with van der Waals surface area (Å²) in [5.41, 5.74) is 1.17. The molecule has 0 aromatic heterocycles. The third kappa shape index (κ3) is 3.94. The first-order valence-corrected chi connectivity index (χ1v) is 11.9. The number of nitrogens with zero attached hydrogens (tertiary/aromatic N) is 2. The number of nitriles is 1. The molecule has 2 unspecified atom stereocenters. The van der Waals surface area contributed by atoms with Gasteiger partial charge in [-0.2, -0.15) is 5.26 Å². The third-order valence-electron chi connectivity index (χ3n) is 7.81. The molecule has 2 aromatic carbocycles. The maximum atomic E-state index is 13.5. The van der Waals surface area contributed by atoms with E-state index in [4.69, 9.17) is 5.26 Å². The van der Waals surface area contributed by atoms with E-state index in [2.05, 4.69) is 16.3 Å². The van der Waals surface area contributed by atoms with Gasteiger partial charge in [-0.15, -0.1) is 0 Å². The Bertz CT molecular complexity index is 982. The molecule has 3 aliphatic rings. The number of hydrogen-bond donors (Lipinski definition) is 2. The predicted molar refractivity (Wildman–Crippen MR) is 122 cm³/mol. The lowest BCUT2D eigenvalue weighted by atomic mass is 9.73. The van der Waals surface area contributed by atoms with Crippen LogP contribution in [0.4, 0.5) is 0 Å². The standard InChI is InChI=1S/C27H31N3O2/c28-15-19-11-13-20(14-12-19)16-30-17-23-24(18-30)25(23)29-26(31)27(32,21-7-3-1-4-8-21)22-9-5-2-6-10-22/h1,3-4,7-8,11-14,22-25,32H,2,5-6,9-10,16-18H2,(H,29,31)/t23-,24?,25+,27?/m0/s1. The van der Waals surface area contributed by atoms with Crippen LogP contribution in [0.2, 0.25) is 0 Å². The Morgan fingerprint density at radius 3 is 2.31 bits per heavy atom. The molecule has 5 rings (SSSR count). The van der Waals surface area contributed by atoms with Crippen molar-refractivity contribution >= 4 is 5.91 Å². The predicted octanol–water partition coefficient (Wildman–Crippen LogP) is 3.57. The molecule has 32 heavy (non-hydrogen) atoms. The van der Waals surface area contributed by atoms with Gasteiger partial charge in [0.15, 0.2) is 5.60 Å². The lowest BCUT2D eigenvalue weighted by Gasteiger charge is -2.38. The van der Waals surface area contributed by atoms with Crippen LogP contribution < -0.4 is 5.32 Å². The summed E-state index contributed by atoms with van der Waals surface area (Å²) in [4.78, 5) is 15.9. The fraction of sp³-hybridized carbons (Fsp3) is 0.481. The largest absolute Gasteiger partial charge is 0.375 e. The van der Waals surface area contributed by atoms with Crippen molar-refractivity contribution in [1.29, 1.82) is 5.26 Å². The van der Waals surface area contributed by atoms with Crippen molar-refractivity contribution in [1.82, 2.24) is 10.2 Å². The molecule has 2 aromatic rings. The summed E-state index contributed by atoms with van der Waals surface area (Å²) in [6, 6.07) is 19.6. The highest BCUT2D eigenvalue weighted by molar-refractivity contribution is 5.87. The number of carbonyl (C=O) groups is 1. The molecule has 1 amide bonds. The van der Waals surface area contributed by atoms with E-state index in [9.17, 15) is 9.90 Å². The van der Waals surface area contributed by atoms with Crippen molar-refractivity contribution in [2.24, 2.45) is 17.8 Å². The van der Waals surface area contributed by atoms with Gasteiger partial charge in [0, 0.05) is 31.6 Å². The number of aliphatic hydroxyl groups is 1. The number of amides is 1. The molecule has 0 radical (unpaired) electrons. The minimum atomic E-state index is -1.44. The second-order valence-electron chi connectivity index (χ2n) is 9.80. The summed E-state index contributed by atoms with van der Waals surface area (Å²) >= 11 is 0. The molecule has 2 N–H and O–H groups in total. The number of carbonyl (C=O) groups excluding carboxylic acids is 1. The number of rotatable bonds is 6. The molecular formula is C27H31N3O2. The number of hydrogen-bond acceptors (Lipinski definition) is 4. The van der Waals surface area contributed by atoms with Gasteiger partial charge in [0.2, 0.25) is 0 Å². The van der Waals surface area contributed by atoms with Gasteiger partial charge in [-0.1, -0.05) is 61.7 Å². The fourth-order valence-electron chi connectivity index (χ4n) is 5.93. The van der Waals surface area contributed by atoms with Crippen molar-refractivity contribution in [3.63, 3.8) is 0 Å². The van der Waals surface area contributed by atoms with Gasteiger partial charge < -0.3 is 10.4 Å². The Morgan fingerprint density at radius 2 is 1.69 bits per heavy atom. The average molecular weight is 430 g/mol. The normalized spacial score (nSPS) is 27.2. The third-order valence-corrected chi connectivity index (χ3v) is 7.81. The van der Waals surface area contributed by atoms with E-state index in [0.29, 0.717) is 17.4 Å². The van der Waals surface area contributed by atoms with E-state index < -0.39 is 5.60 Å². The lowest BCUT2D eigenvalue weighted by molar-refractivity contribution is -0.149.